The highest BCUT2D eigenvalue weighted by molar-refractivity contribution is 5.79. The van der Waals surface area contributed by atoms with Gasteiger partial charge in [-0.25, -0.2) is 4.39 Å². The van der Waals surface area contributed by atoms with E-state index in [-0.39, 0.29) is 22.7 Å². The van der Waals surface area contributed by atoms with Crippen LogP contribution in [-0.4, -0.2) is 5.11 Å². The molecule has 2 aromatic carbocycles. The highest BCUT2D eigenvalue weighted by Gasteiger charge is 2.16. The van der Waals surface area contributed by atoms with E-state index in [1.54, 1.807) is 0 Å². The van der Waals surface area contributed by atoms with Crippen molar-refractivity contribution < 1.29 is 18.7 Å². The molecule has 112 valence electrons. The Morgan fingerprint density at radius 1 is 1.18 bits per heavy atom. The molecule has 1 N–H and O–H groups in total. The molecule has 0 atom stereocenters. The molecular formula is C17H13FO4. The van der Waals surface area contributed by atoms with Gasteiger partial charge >= 0.3 is 0 Å². The number of fused-ring (bicyclic) bond motifs is 1. The molecule has 5 heteroatoms. The minimum atomic E-state index is -0.385. The summed E-state index contributed by atoms with van der Waals surface area (Å²) in [6, 6.07) is 9.66. The number of aromatic hydroxyl groups is 1. The van der Waals surface area contributed by atoms with Crippen LogP contribution < -0.4 is 10.2 Å². The van der Waals surface area contributed by atoms with E-state index in [0.717, 1.165) is 0 Å². The Kier molecular flexibility index (Phi) is 3.55. The maximum Gasteiger partial charge on any atom is 0.235 e. The highest BCUT2D eigenvalue weighted by Crippen LogP contribution is 2.27. The number of phenols is 1. The molecular weight excluding hydrogens is 287 g/mol. The van der Waals surface area contributed by atoms with Crippen LogP contribution in [0.4, 0.5) is 4.39 Å². The Bertz CT molecular complexity index is 882. The Morgan fingerprint density at radius 2 is 1.91 bits per heavy atom. The lowest BCUT2D eigenvalue weighted by molar-refractivity contribution is 0.426. The predicted octanol–water partition coefficient (Wildman–Crippen LogP) is 3.99. The summed E-state index contributed by atoms with van der Waals surface area (Å²) >= 11 is 0. The molecule has 0 aliphatic heterocycles. The third-order valence-electron chi connectivity index (χ3n) is 3.26. The van der Waals surface area contributed by atoms with Gasteiger partial charge in [0.25, 0.3) is 0 Å². The molecule has 0 aliphatic carbocycles. The number of ether oxygens (including phenoxy) is 1. The van der Waals surface area contributed by atoms with Crippen molar-refractivity contribution in [2.75, 3.05) is 0 Å². The van der Waals surface area contributed by atoms with E-state index in [1.165, 1.54) is 42.5 Å². The first-order valence-corrected chi connectivity index (χ1v) is 6.80. The molecule has 0 fully saturated rings. The van der Waals surface area contributed by atoms with Crippen LogP contribution >= 0.6 is 0 Å². The Hall–Kier alpha value is -2.82. The molecule has 1 heterocycles. The third-order valence-corrected chi connectivity index (χ3v) is 3.26. The van der Waals surface area contributed by atoms with Gasteiger partial charge in [-0.05, 0) is 36.4 Å². The second-order valence-electron chi connectivity index (χ2n) is 4.77. The fourth-order valence-corrected chi connectivity index (χ4v) is 2.17. The SMILES string of the molecule is CCc1oc2cc(O)ccc2c(=O)c1Oc1ccc(F)cc1. The summed E-state index contributed by atoms with van der Waals surface area (Å²) in [4.78, 5) is 12.6. The summed E-state index contributed by atoms with van der Waals surface area (Å²) in [5.41, 5.74) is -0.0317. The fourth-order valence-electron chi connectivity index (χ4n) is 2.17. The van der Waals surface area contributed by atoms with E-state index in [0.29, 0.717) is 28.9 Å². The summed E-state index contributed by atoms with van der Waals surface area (Å²) in [7, 11) is 0. The van der Waals surface area contributed by atoms with Crippen LogP contribution in [0.25, 0.3) is 11.0 Å². The van der Waals surface area contributed by atoms with E-state index in [4.69, 9.17) is 9.15 Å². The molecule has 3 aromatic rings. The van der Waals surface area contributed by atoms with Crippen LogP contribution in [0.5, 0.6) is 17.2 Å². The lowest BCUT2D eigenvalue weighted by Gasteiger charge is -2.10. The van der Waals surface area contributed by atoms with Crippen molar-refractivity contribution in [1.82, 2.24) is 0 Å². The predicted molar refractivity (Wildman–Crippen MR) is 80.0 cm³/mol. The molecule has 0 radical (unpaired) electrons. The van der Waals surface area contributed by atoms with Gasteiger partial charge in [0.2, 0.25) is 11.2 Å². The number of phenolic OH excluding ortho intramolecular Hbond substituents is 1. The van der Waals surface area contributed by atoms with Crippen LogP contribution in [0.15, 0.2) is 51.7 Å². The first-order chi connectivity index (χ1) is 10.6. The molecule has 3 rings (SSSR count). The summed E-state index contributed by atoms with van der Waals surface area (Å²) in [5, 5.41) is 9.80. The number of rotatable bonds is 3. The van der Waals surface area contributed by atoms with Gasteiger partial charge in [0.1, 0.15) is 22.9 Å². The van der Waals surface area contributed by atoms with Crippen LogP contribution in [0.1, 0.15) is 12.7 Å². The lowest BCUT2D eigenvalue weighted by atomic mass is 10.2. The van der Waals surface area contributed by atoms with Crippen molar-refractivity contribution in [2.24, 2.45) is 0 Å². The van der Waals surface area contributed by atoms with Gasteiger partial charge in [0.15, 0.2) is 5.76 Å². The molecule has 1 aromatic heterocycles. The topological polar surface area (TPSA) is 59.7 Å². The van der Waals surface area contributed by atoms with Crippen LogP contribution in [-0.2, 0) is 6.42 Å². The zero-order valence-electron chi connectivity index (χ0n) is 11.8. The van der Waals surface area contributed by atoms with E-state index < -0.39 is 0 Å². The fraction of sp³-hybridized carbons (Fsp3) is 0.118. The average molecular weight is 300 g/mol. The molecule has 4 nitrogen and oxygen atoms in total. The van der Waals surface area contributed by atoms with Crippen molar-refractivity contribution in [3.05, 3.63) is 64.3 Å². The first-order valence-electron chi connectivity index (χ1n) is 6.80. The van der Waals surface area contributed by atoms with E-state index in [2.05, 4.69) is 0 Å². The van der Waals surface area contributed by atoms with Gasteiger partial charge in [-0.2, -0.15) is 0 Å². The lowest BCUT2D eigenvalue weighted by Crippen LogP contribution is -2.08. The molecule has 0 saturated carbocycles. The Labute approximate surface area is 125 Å². The molecule has 0 aliphatic rings. The largest absolute Gasteiger partial charge is 0.508 e. The number of hydrogen-bond donors (Lipinski definition) is 1. The normalized spacial score (nSPS) is 10.8. The van der Waals surface area contributed by atoms with Crippen molar-refractivity contribution in [3.8, 4) is 17.2 Å². The zero-order chi connectivity index (χ0) is 15.7. The van der Waals surface area contributed by atoms with Crippen LogP contribution in [0, 0.1) is 5.82 Å². The molecule has 0 amide bonds. The van der Waals surface area contributed by atoms with Gasteiger partial charge in [-0.1, -0.05) is 6.92 Å². The summed E-state index contributed by atoms with van der Waals surface area (Å²) in [5.74, 6) is 0.426. The summed E-state index contributed by atoms with van der Waals surface area (Å²) < 4.78 is 24.2. The second kappa shape index (κ2) is 5.52. The molecule has 0 bridgehead atoms. The van der Waals surface area contributed by atoms with E-state index >= 15 is 0 Å². The number of benzene rings is 2. The quantitative estimate of drug-likeness (QED) is 0.794. The Balaban J connectivity index is 2.15. The van der Waals surface area contributed by atoms with Crippen molar-refractivity contribution in [1.29, 1.82) is 0 Å². The minimum Gasteiger partial charge on any atom is -0.508 e. The van der Waals surface area contributed by atoms with Crippen molar-refractivity contribution in [3.63, 3.8) is 0 Å². The maximum atomic E-state index is 12.9. The third kappa shape index (κ3) is 2.53. The van der Waals surface area contributed by atoms with Gasteiger partial charge in [0, 0.05) is 12.5 Å². The molecule has 0 unspecified atom stereocenters. The highest BCUT2D eigenvalue weighted by atomic mass is 19.1. The monoisotopic (exact) mass is 300 g/mol. The van der Waals surface area contributed by atoms with Gasteiger partial charge in [0.05, 0.1) is 5.39 Å². The minimum absolute atomic E-state index is 0.0184. The first kappa shape index (κ1) is 14.1. The van der Waals surface area contributed by atoms with Crippen LogP contribution in [0.3, 0.4) is 0 Å². The van der Waals surface area contributed by atoms with Crippen molar-refractivity contribution >= 4 is 11.0 Å². The average Bonchev–Trinajstić information content (AvgIpc) is 2.51. The summed E-state index contributed by atoms with van der Waals surface area (Å²) in [6.45, 7) is 1.82. The van der Waals surface area contributed by atoms with Gasteiger partial charge in [-0.15, -0.1) is 0 Å². The number of hydrogen-bond acceptors (Lipinski definition) is 4. The standard InChI is InChI=1S/C17H13FO4/c1-2-14-17(21-12-6-3-10(18)4-7-12)16(20)13-8-5-11(19)9-15(13)22-14/h3-9,19H,2H2,1H3. The van der Waals surface area contributed by atoms with Gasteiger partial charge < -0.3 is 14.3 Å². The molecule has 0 saturated heterocycles. The van der Waals surface area contributed by atoms with E-state index in [9.17, 15) is 14.3 Å². The maximum absolute atomic E-state index is 12.9. The Morgan fingerprint density at radius 3 is 2.59 bits per heavy atom. The molecule has 22 heavy (non-hydrogen) atoms. The van der Waals surface area contributed by atoms with E-state index in [1.807, 2.05) is 6.92 Å². The van der Waals surface area contributed by atoms with Crippen molar-refractivity contribution in [2.45, 2.75) is 13.3 Å². The number of halogens is 1. The molecule has 0 spiro atoms. The smallest absolute Gasteiger partial charge is 0.235 e. The van der Waals surface area contributed by atoms with Gasteiger partial charge in [-0.3, -0.25) is 4.79 Å². The van der Waals surface area contributed by atoms with Crippen LogP contribution in [0.2, 0.25) is 0 Å². The second-order valence-corrected chi connectivity index (χ2v) is 4.77. The zero-order valence-corrected chi connectivity index (χ0v) is 11.8. The number of aryl methyl sites for hydroxylation is 1. The summed E-state index contributed by atoms with van der Waals surface area (Å²) in [6.07, 6.45) is 0.442.